The molecule has 1 aromatic heterocycles. The minimum absolute atomic E-state index is 0. The van der Waals surface area contributed by atoms with Gasteiger partial charge in [-0.3, -0.25) is 4.79 Å². The van der Waals surface area contributed by atoms with Crippen molar-refractivity contribution < 1.29 is 19.9 Å². The molecule has 5 N–H and O–H groups in total. The van der Waals surface area contributed by atoms with Crippen LogP contribution in [0.15, 0.2) is 18.2 Å². The molecule has 168 valence electrons. The standard InChI is InChI=1S/C18H25BClN3O4S.2ClH/c20-13-3-4-14-15(11-13)28-17(22-14)23-9-5-12(6-10-23)18(21,16(24)25)7-1-2-8-19(26)27;;/h3-4,11-12,26-27H,1-2,5-10,21H2,(H,24,25);2*1H. The largest absolute Gasteiger partial charge is 0.480 e. The fourth-order valence-electron chi connectivity index (χ4n) is 3.84. The summed E-state index contributed by atoms with van der Waals surface area (Å²) in [5.74, 6) is -1.10. The van der Waals surface area contributed by atoms with Gasteiger partial charge in [0.25, 0.3) is 0 Å². The number of nitrogens with zero attached hydrogens (tertiary/aromatic N) is 2. The van der Waals surface area contributed by atoms with Gasteiger partial charge in [0, 0.05) is 18.1 Å². The first kappa shape index (κ1) is 27.2. The summed E-state index contributed by atoms with van der Waals surface area (Å²) in [6.45, 7) is 1.42. The van der Waals surface area contributed by atoms with Crippen LogP contribution < -0.4 is 10.6 Å². The minimum atomic E-state index is -1.36. The van der Waals surface area contributed by atoms with Gasteiger partial charge < -0.3 is 25.8 Å². The van der Waals surface area contributed by atoms with Crippen molar-refractivity contribution in [3.8, 4) is 0 Å². The van der Waals surface area contributed by atoms with E-state index < -0.39 is 18.6 Å². The number of aromatic nitrogens is 1. The molecular formula is C18H27BCl3N3O4S. The number of thiazole rings is 1. The minimum Gasteiger partial charge on any atom is -0.480 e. The van der Waals surface area contributed by atoms with Gasteiger partial charge in [-0.15, -0.1) is 24.8 Å². The van der Waals surface area contributed by atoms with E-state index >= 15 is 0 Å². The monoisotopic (exact) mass is 497 g/mol. The zero-order valence-corrected chi connectivity index (χ0v) is 19.6. The molecule has 3 rings (SSSR count). The molecule has 2 heterocycles. The van der Waals surface area contributed by atoms with E-state index in [9.17, 15) is 9.90 Å². The number of piperidine rings is 1. The first-order chi connectivity index (χ1) is 13.3. The Morgan fingerprint density at radius 2 is 1.97 bits per heavy atom. The Hall–Kier alpha value is -0.805. The van der Waals surface area contributed by atoms with Crippen LogP contribution >= 0.6 is 47.8 Å². The highest BCUT2D eigenvalue weighted by atomic mass is 35.5. The van der Waals surface area contributed by atoms with Crippen molar-refractivity contribution in [2.45, 2.75) is 44.0 Å². The number of benzene rings is 1. The summed E-state index contributed by atoms with van der Waals surface area (Å²) in [4.78, 5) is 18.7. The van der Waals surface area contributed by atoms with E-state index in [4.69, 9.17) is 27.4 Å². The van der Waals surface area contributed by atoms with Crippen molar-refractivity contribution >= 4 is 76.2 Å². The molecule has 7 nitrogen and oxygen atoms in total. The molecule has 1 saturated heterocycles. The van der Waals surface area contributed by atoms with E-state index in [0.29, 0.717) is 50.2 Å². The van der Waals surface area contributed by atoms with Gasteiger partial charge in [0.1, 0.15) is 5.54 Å². The number of anilines is 1. The number of halogens is 3. The summed E-state index contributed by atoms with van der Waals surface area (Å²) < 4.78 is 1.04. The number of rotatable bonds is 8. The van der Waals surface area contributed by atoms with Crippen LogP contribution in [-0.2, 0) is 4.79 Å². The summed E-state index contributed by atoms with van der Waals surface area (Å²) in [6, 6.07) is 5.64. The maximum Gasteiger partial charge on any atom is 0.451 e. The van der Waals surface area contributed by atoms with Crippen LogP contribution in [-0.4, -0.2) is 51.9 Å². The maximum absolute atomic E-state index is 11.9. The molecule has 0 saturated carbocycles. The Morgan fingerprint density at radius 3 is 2.57 bits per heavy atom. The summed E-state index contributed by atoms with van der Waals surface area (Å²) in [5.41, 5.74) is 5.95. The van der Waals surface area contributed by atoms with Gasteiger partial charge in [0.15, 0.2) is 5.13 Å². The SMILES string of the molecule is Cl.Cl.NC(CCCCB(O)O)(C(=O)O)C1CCN(c2nc3ccc(Cl)cc3s2)CC1. The van der Waals surface area contributed by atoms with Crippen molar-refractivity contribution in [2.75, 3.05) is 18.0 Å². The van der Waals surface area contributed by atoms with Gasteiger partial charge in [-0.25, -0.2) is 4.98 Å². The van der Waals surface area contributed by atoms with E-state index in [1.165, 1.54) is 0 Å². The number of unbranched alkanes of at least 4 members (excludes halogenated alkanes) is 1. The number of carbonyl (C=O) groups is 1. The number of aliphatic carboxylic acids is 1. The van der Waals surface area contributed by atoms with Crippen LogP contribution in [0.4, 0.5) is 5.13 Å². The maximum atomic E-state index is 11.9. The fourth-order valence-corrected chi connectivity index (χ4v) is 5.13. The Morgan fingerprint density at radius 1 is 1.30 bits per heavy atom. The Labute approximate surface area is 197 Å². The lowest BCUT2D eigenvalue weighted by Gasteiger charge is -2.40. The lowest BCUT2D eigenvalue weighted by atomic mass is 9.74. The van der Waals surface area contributed by atoms with Crippen LogP contribution in [0.3, 0.4) is 0 Å². The topological polar surface area (TPSA) is 120 Å². The molecular weight excluding hydrogens is 471 g/mol. The van der Waals surface area contributed by atoms with Crippen LogP contribution in [0.1, 0.15) is 32.1 Å². The Bertz CT molecular complexity index is 836. The van der Waals surface area contributed by atoms with Crippen LogP contribution in [0, 0.1) is 5.92 Å². The lowest BCUT2D eigenvalue weighted by molar-refractivity contribution is -0.146. The third-order valence-corrected chi connectivity index (χ3v) is 6.85. The molecule has 1 aliphatic rings. The zero-order valence-electron chi connectivity index (χ0n) is 16.4. The van der Waals surface area contributed by atoms with Crippen LogP contribution in [0.2, 0.25) is 11.3 Å². The normalized spacial score (nSPS) is 16.5. The first-order valence-corrected chi connectivity index (χ1v) is 10.7. The molecule has 2 aromatic rings. The second-order valence-electron chi connectivity index (χ2n) is 7.44. The zero-order chi connectivity index (χ0) is 20.3. The van der Waals surface area contributed by atoms with Gasteiger partial charge in [0.05, 0.1) is 10.2 Å². The second-order valence-corrected chi connectivity index (χ2v) is 8.89. The van der Waals surface area contributed by atoms with Crippen LogP contribution in [0.25, 0.3) is 10.2 Å². The summed E-state index contributed by atoms with van der Waals surface area (Å²) >= 11 is 7.64. The number of hydrogen-bond acceptors (Lipinski definition) is 7. The van der Waals surface area contributed by atoms with Gasteiger partial charge in [-0.05, 0) is 49.7 Å². The summed E-state index contributed by atoms with van der Waals surface area (Å²) in [7, 11) is -1.36. The van der Waals surface area contributed by atoms with Crippen molar-refractivity contribution in [1.82, 2.24) is 4.98 Å². The van der Waals surface area contributed by atoms with Crippen molar-refractivity contribution in [3.05, 3.63) is 23.2 Å². The first-order valence-electron chi connectivity index (χ1n) is 9.49. The molecule has 1 aliphatic heterocycles. The molecule has 0 radical (unpaired) electrons. The third kappa shape index (κ3) is 6.35. The smallest absolute Gasteiger partial charge is 0.451 e. The number of nitrogens with two attached hydrogens (primary N) is 1. The highest BCUT2D eigenvalue weighted by molar-refractivity contribution is 7.22. The number of hydrogen-bond donors (Lipinski definition) is 4. The van der Waals surface area contributed by atoms with E-state index in [0.717, 1.165) is 15.3 Å². The molecule has 1 fully saturated rings. The van der Waals surface area contributed by atoms with E-state index in [1.54, 1.807) is 11.3 Å². The molecule has 30 heavy (non-hydrogen) atoms. The second kappa shape index (κ2) is 11.7. The van der Waals surface area contributed by atoms with Gasteiger partial charge >= 0.3 is 13.1 Å². The van der Waals surface area contributed by atoms with Gasteiger partial charge in [-0.2, -0.15) is 0 Å². The fraction of sp³-hybridized carbons (Fsp3) is 0.556. The molecule has 0 spiro atoms. The van der Waals surface area contributed by atoms with Crippen molar-refractivity contribution in [1.29, 1.82) is 0 Å². The average molecular weight is 499 g/mol. The predicted octanol–water partition coefficient (Wildman–Crippen LogP) is 3.43. The number of carboxylic acids is 1. The average Bonchev–Trinajstić information content (AvgIpc) is 3.08. The molecule has 0 amide bonds. The molecule has 1 unspecified atom stereocenters. The molecule has 0 bridgehead atoms. The number of carboxylic acid groups (broad SMARTS) is 1. The predicted molar refractivity (Wildman–Crippen MR) is 127 cm³/mol. The Balaban J connectivity index is 0.00000225. The van der Waals surface area contributed by atoms with E-state index in [-0.39, 0.29) is 37.1 Å². The highest BCUT2D eigenvalue weighted by Crippen LogP contribution is 2.36. The third-order valence-electron chi connectivity index (χ3n) is 5.53. The van der Waals surface area contributed by atoms with Crippen LogP contribution in [0.5, 0.6) is 0 Å². The summed E-state index contributed by atoms with van der Waals surface area (Å²) in [6.07, 6.45) is 3.02. The quantitative estimate of drug-likeness (QED) is 0.325. The summed E-state index contributed by atoms with van der Waals surface area (Å²) in [5, 5.41) is 29.2. The molecule has 1 aromatic carbocycles. The van der Waals surface area contributed by atoms with E-state index in [2.05, 4.69) is 9.88 Å². The molecule has 1 atom stereocenters. The van der Waals surface area contributed by atoms with Gasteiger partial charge in [0.2, 0.25) is 0 Å². The number of fused-ring (bicyclic) bond motifs is 1. The lowest BCUT2D eigenvalue weighted by Crippen LogP contribution is -2.57. The van der Waals surface area contributed by atoms with Crippen molar-refractivity contribution in [2.24, 2.45) is 11.7 Å². The molecule has 12 heteroatoms. The molecule has 0 aliphatic carbocycles. The van der Waals surface area contributed by atoms with Gasteiger partial charge in [-0.1, -0.05) is 35.8 Å². The van der Waals surface area contributed by atoms with E-state index in [1.807, 2.05) is 18.2 Å². The van der Waals surface area contributed by atoms with Crippen molar-refractivity contribution in [3.63, 3.8) is 0 Å². The highest BCUT2D eigenvalue weighted by Gasteiger charge is 2.43. The Kier molecular flexibility index (Phi) is 10.6.